The standard InChI is InChI=1S/C6H8N4O3S/c11-10(12)6-5(7-13-8-6)9-1-3-14-4-2-9/h1-4H2. The molecule has 1 saturated heterocycles. The third-order valence-electron chi connectivity index (χ3n) is 1.94. The number of hydrogen-bond acceptors (Lipinski definition) is 7. The van der Waals surface area contributed by atoms with Crippen molar-refractivity contribution < 1.29 is 9.55 Å². The molecule has 1 aliphatic heterocycles. The molecule has 0 unspecified atom stereocenters. The van der Waals surface area contributed by atoms with Gasteiger partial charge in [-0.1, -0.05) is 0 Å². The van der Waals surface area contributed by atoms with Crippen LogP contribution in [0.4, 0.5) is 11.6 Å². The third-order valence-corrected chi connectivity index (χ3v) is 2.88. The van der Waals surface area contributed by atoms with E-state index in [1.165, 1.54) is 0 Å². The Kier molecular flexibility index (Phi) is 2.53. The van der Waals surface area contributed by atoms with Gasteiger partial charge in [0.15, 0.2) is 5.16 Å². The van der Waals surface area contributed by atoms with Crippen molar-refractivity contribution in [1.82, 2.24) is 10.3 Å². The second kappa shape index (κ2) is 3.82. The molecule has 0 amide bonds. The number of nitrogens with zero attached hydrogens (tertiary/aromatic N) is 4. The molecule has 0 spiro atoms. The summed E-state index contributed by atoms with van der Waals surface area (Å²) < 4.78 is 4.37. The van der Waals surface area contributed by atoms with E-state index < -0.39 is 4.92 Å². The molecule has 0 aromatic carbocycles. The van der Waals surface area contributed by atoms with Gasteiger partial charge in [-0.25, -0.2) is 0 Å². The van der Waals surface area contributed by atoms with Gasteiger partial charge >= 0.3 is 5.82 Å². The van der Waals surface area contributed by atoms with Crippen molar-refractivity contribution in [2.45, 2.75) is 0 Å². The van der Waals surface area contributed by atoms with Gasteiger partial charge in [0.2, 0.25) is 0 Å². The molecule has 0 radical (unpaired) electrons. The zero-order valence-corrected chi connectivity index (χ0v) is 8.07. The maximum Gasteiger partial charge on any atom is 0.458 e. The normalized spacial score (nSPS) is 17.0. The van der Waals surface area contributed by atoms with Gasteiger partial charge < -0.3 is 15.0 Å². The van der Waals surface area contributed by atoms with Gasteiger partial charge in [-0.05, 0) is 4.92 Å². The van der Waals surface area contributed by atoms with Crippen molar-refractivity contribution in [3.05, 3.63) is 10.1 Å². The van der Waals surface area contributed by atoms with Crippen LogP contribution in [0.3, 0.4) is 0 Å². The first-order valence-corrected chi connectivity index (χ1v) is 5.24. The fraction of sp³-hybridized carbons (Fsp3) is 0.667. The third kappa shape index (κ3) is 1.65. The van der Waals surface area contributed by atoms with E-state index in [-0.39, 0.29) is 11.6 Å². The number of nitro groups is 1. The van der Waals surface area contributed by atoms with Crippen molar-refractivity contribution in [2.75, 3.05) is 29.5 Å². The first-order valence-electron chi connectivity index (χ1n) is 4.08. The van der Waals surface area contributed by atoms with Crippen LogP contribution in [0, 0.1) is 10.1 Å². The zero-order valence-electron chi connectivity index (χ0n) is 7.25. The first kappa shape index (κ1) is 9.25. The Morgan fingerprint density at radius 2 is 2.14 bits per heavy atom. The minimum absolute atomic E-state index is 0.246. The number of thioether (sulfide) groups is 1. The van der Waals surface area contributed by atoms with E-state index in [2.05, 4.69) is 14.9 Å². The Labute approximate surface area is 83.6 Å². The highest BCUT2D eigenvalue weighted by atomic mass is 32.2. The Balaban J connectivity index is 2.21. The lowest BCUT2D eigenvalue weighted by Crippen LogP contribution is -2.33. The van der Waals surface area contributed by atoms with Crippen molar-refractivity contribution in [3.63, 3.8) is 0 Å². The second-order valence-electron chi connectivity index (χ2n) is 2.77. The fourth-order valence-electron chi connectivity index (χ4n) is 1.27. The number of aromatic nitrogens is 2. The molecule has 8 heteroatoms. The van der Waals surface area contributed by atoms with Crippen LogP contribution in [-0.2, 0) is 0 Å². The van der Waals surface area contributed by atoms with Gasteiger partial charge in [0.1, 0.15) is 0 Å². The summed E-state index contributed by atoms with van der Waals surface area (Å²) >= 11 is 1.82. The highest BCUT2D eigenvalue weighted by Gasteiger charge is 2.28. The summed E-state index contributed by atoms with van der Waals surface area (Å²) in [4.78, 5) is 11.8. The highest BCUT2D eigenvalue weighted by molar-refractivity contribution is 7.99. The SMILES string of the molecule is O=[N+]([O-])c1nonc1N1CCSCC1. The second-order valence-corrected chi connectivity index (χ2v) is 3.99. The highest BCUT2D eigenvalue weighted by Crippen LogP contribution is 2.25. The van der Waals surface area contributed by atoms with E-state index in [9.17, 15) is 10.1 Å². The van der Waals surface area contributed by atoms with Gasteiger partial charge in [0.25, 0.3) is 5.82 Å². The Hall–Kier alpha value is -1.31. The van der Waals surface area contributed by atoms with Crippen molar-refractivity contribution >= 4 is 23.4 Å². The van der Waals surface area contributed by atoms with E-state index >= 15 is 0 Å². The lowest BCUT2D eigenvalue weighted by molar-refractivity contribution is -0.390. The summed E-state index contributed by atoms with van der Waals surface area (Å²) in [5.41, 5.74) is 0. The van der Waals surface area contributed by atoms with Gasteiger partial charge in [0, 0.05) is 29.8 Å². The van der Waals surface area contributed by atoms with Crippen molar-refractivity contribution in [3.8, 4) is 0 Å². The van der Waals surface area contributed by atoms with E-state index in [0.717, 1.165) is 24.6 Å². The molecule has 0 N–H and O–H groups in total. The summed E-state index contributed by atoms with van der Waals surface area (Å²) in [5, 5.41) is 17.3. The predicted octanol–water partition coefficient (Wildman–Crippen LogP) is 0.531. The molecular weight excluding hydrogens is 208 g/mol. The van der Waals surface area contributed by atoms with Crippen LogP contribution in [0.2, 0.25) is 0 Å². The summed E-state index contributed by atoms with van der Waals surface area (Å²) in [5.74, 6) is 1.85. The van der Waals surface area contributed by atoms with Gasteiger partial charge in [-0.3, -0.25) is 0 Å². The van der Waals surface area contributed by atoms with Crippen molar-refractivity contribution in [1.29, 1.82) is 0 Å². The first-order chi connectivity index (χ1) is 6.79. The van der Waals surface area contributed by atoms with Crippen LogP contribution in [0.25, 0.3) is 0 Å². The molecule has 1 fully saturated rings. The van der Waals surface area contributed by atoms with Crippen LogP contribution < -0.4 is 4.90 Å². The Morgan fingerprint density at radius 1 is 1.43 bits per heavy atom. The number of anilines is 1. The average molecular weight is 216 g/mol. The average Bonchev–Trinajstić information content (AvgIpc) is 2.67. The lowest BCUT2D eigenvalue weighted by Gasteiger charge is -2.24. The van der Waals surface area contributed by atoms with Gasteiger partial charge in [-0.2, -0.15) is 11.8 Å². The molecule has 0 atom stereocenters. The minimum atomic E-state index is -0.576. The molecule has 2 rings (SSSR count). The smallest absolute Gasteiger partial charge is 0.358 e. The van der Waals surface area contributed by atoms with E-state index in [1.54, 1.807) is 0 Å². The summed E-state index contributed by atoms with van der Waals surface area (Å²) in [6, 6.07) is 0. The molecule has 14 heavy (non-hydrogen) atoms. The van der Waals surface area contributed by atoms with Crippen LogP contribution >= 0.6 is 11.8 Å². The summed E-state index contributed by atoms with van der Waals surface area (Å²) in [6.07, 6.45) is 0. The van der Waals surface area contributed by atoms with Crippen LogP contribution in [0.5, 0.6) is 0 Å². The van der Waals surface area contributed by atoms with Gasteiger partial charge in [0.05, 0.1) is 0 Å². The molecule has 0 aliphatic carbocycles. The van der Waals surface area contributed by atoms with Crippen LogP contribution in [0.15, 0.2) is 4.63 Å². The largest absolute Gasteiger partial charge is 0.458 e. The fourth-order valence-corrected chi connectivity index (χ4v) is 2.17. The number of hydrogen-bond donors (Lipinski definition) is 0. The minimum Gasteiger partial charge on any atom is -0.358 e. The number of rotatable bonds is 2. The molecule has 0 saturated carbocycles. The molecule has 2 heterocycles. The zero-order chi connectivity index (χ0) is 9.97. The monoisotopic (exact) mass is 216 g/mol. The van der Waals surface area contributed by atoms with E-state index in [4.69, 9.17) is 0 Å². The predicted molar refractivity (Wildman–Crippen MR) is 50.5 cm³/mol. The maximum absolute atomic E-state index is 10.5. The van der Waals surface area contributed by atoms with Crippen molar-refractivity contribution in [2.24, 2.45) is 0 Å². The molecule has 76 valence electrons. The molecule has 1 aromatic heterocycles. The molecule has 7 nitrogen and oxygen atoms in total. The summed E-state index contributed by atoms with van der Waals surface area (Å²) in [6.45, 7) is 1.50. The van der Waals surface area contributed by atoms with E-state index in [0.29, 0.717) is 0 Å². The van der Waals surface area contributed by atoms with Gasteiger partial charge in [-0.15, -0.1) is 4.63 Å². The van der Waals surface area contributed by atoms with Crippen LogP contribution in [-0.4, -0.2) is 39.8 Å². The van der Waals surface area contributed by atoms with E-state index in [1.807, 2.05) is 16.7 Å². The molecular formula is C6H8N4O3S. The summed E-state index contributed by atoms with van der Waals surface area (Å²) in [7, 11) is 0. The van der Waals surface area contributed by atoms with Crippen LogP contribution in [0.1, 0.15) is 0 Å². The lowest BCUT2D eigenvalue weighted by atomic mass is 10.4. The molecule has 0 bridgehead atoms. The quantitative estimate of drug-likeness (QED) is 0.526. The Bertz CT molecular complexity index is 336. The maximum atomic E-state index is 10.5. The topological polar surface area (TPSA) is 85.3 Å². The molecule has 1 aromatic rings. The molecule has 1 aliphatic rings. The Morgan fingerprint density at radius 3 is 2.79 bits per heavy atom.